The predicted molar refractivity (Wildman–Crippen MR) is 193 cm³/mol. The van der Waals surface area contributed by atoms with E-state index in [1.165, 1.54) is 15.5 Å². The van der Waals surface area contributed by atoms with E-state index in [4.69, 9.17) is 19.5 Å². The third-order valence-electron chi connectivity index (χ3n) is 8.88. The van der Waals surface area contributed by atoms with Crippen LogP contribution < -0.4 is 0 Å². The largest absolute Gasteiger partial charge is 0.438 e. The monoisotopic (exact) mass is 620 g/mol. The number of furan rings is 1. The maximum Gasteiger partial charge on any atom is 0.228 e. The second-order valence-electron chi connectivity index (χ2n) is 11.7. The molecule has 5 aromatic heterocycles. The second kappa shape index (κ2) is 10.2. The molecular weight excluding hydrogens is 597 g/mol. The molecule has 5 aromatic carbocycles. The first-order valence-electron chi connectivity index (χ1n) is 15.5. The van der Waals surface area contributed by atoms with Crippen LogP contribution in [0, 0.1) is 0 Å². The van der Waals surface area contributed by atoms with Gasteiger partial charge in [-0.1, -0.05) is 121 Å². The van der Waals surface area contributed by atoms with E-state index in [-0.39, 0.29) is 0 Å². The highest BCUT2D eigenvalue weighted by Crippen LogP contribution is 2.45. The molecule has 47 heavy (non-hydrogen) atoms. The van der Waals surface area contributed by atoms with Crippen molar-refractivity contribution in [1.82, 2.24) is 19.6 Å². The molecule has 10 rings (SSSR count). The van der Waals surface area contributed by atoms with E-state index in [1.807, 2.05) is 28.8 Å². The van der Waals surface area contributed by atoms with Gasteiger partial charge in [0.05, 0.1) is 21.5 Å². The van der Waals surface area contributed by atoms with E-state index in [0.29, 0.717) is 11.5 Å². The lowest BCUT2D eigenvalue weighted by Crippen LogP contribution is -1.95. The van der Waals surface area contributed by atoms with Gasteiger partial charge in [-0.25, -0.2) is 14.5 Å². The average Bonchev–Trinajstić information content (AvgIpc) is 3.85. The maximum atomic E-state index is 6.33. The molecule has 0 aliphatic rings. The van der Waals surface area contributed by atoms with Gasteiger partial charge in [-0.2, -0.15) is 0 Å². The molecule has 5 heterocycles. The van der Waals surface area contributed by atoms with Crippen molar-refractivity contribution in [2.45, 2.75) is 0 Å². The first kappa shape index (κ1) is 26.1. The van der Waals surface area contributed by atoms with Crippen molar-refractivity contribution in [3.63, 3.8) is 0 Å². The van der Waals surface area contributed by atoms with Crippen LogP contribution in [0.15, 0.2) is 150 Å². The number of rotatable bonds is 4. The van der Waals surface area contributed by atoms with Gasteiger partial charge in [-0.3, -0.25) is 0 Å². The molecule has 220 valence electrons. The molecule has 0 radical (unpaired) electrons. The molecule has 0 bridgehead atoms. The Morgan fingerprint density at radius 2 is 1.21 bits per heavy atom. The Hall–Kier alpha value is -6.11. The smallest absolute Gasteiger partial charge is 0.228 e. The van der Waals surface area contributed by atoms with Gasteiger partial charge >= 0.3 is 0 Å². The fraction of sp³-hybridized carbons (Fsp3) is 0. The quantitative estimate of drug-likeness (QED) is 0.196. The molecule has 10 aromatic rings. The number of para-hydroxylation sites is 1. The Kier molecular flexibility index (Phi) is 5.68. The highest BCUT2D eigenvalue weighted by molar-refractivity contribution is 7.26. The first-order valence-corrected chi connectivity index (χ1v) is 16.4. The van der Waals surface area contributed by atoms with Gasteiger partial charge in [0.1, 0.15) is 5.58 Å². The van der Waals surface area contributed by atoms with Crippen LogP contribution in [0.3, 0.4) is 0 Å². The van der Waals surface area contributed by atoms with Gasteiger partial charge in [0.15, 0.2) is 11.5 Å². The van der Waals surface area contributed by atoms with E-state index in [1.54, 1.807) is 11.3 Å². The SMILES string of the molecule is c1ccc(-c2cc(-c3ccccc3)n3nc(-c4ccc(-c5nc6oc7ccccc7c6c6c5sc5ccccc56)cc4)nc3c2)cc1. The van der Waals surface area contributed by atoms with E-state index in [0.717, 1.165) is 65.9 Å². The Labute approximate surface area is 273 Å². The number of pyridine rings is 2. The lowest BCUT2D eigenvalue weighted by Gasteiger charge is -2.08. The minimum Gasteiger partial charge on any atom is -0.438 e. The van der Waals surface area contributed by atoms with Crippen LogP contribution in [-0.4, -0.2) is 19.6 Å². The summed E-state index contributed by atoms with van der Waals surface area (Å²) in [5, 5.41) is 9.61. The van der Waals surface area contributed by atoms with Crippen molar-refractivity contribution < 1.29 is 4.42 Å². The molecule has 6 heteroatoms. The fourth-order valence-electron chi connectivity index (χ4n) is 6.66. The minimum atomic E-state index is 0.658. The maximum absolute atomic E-state index is 6.33. The molecule has 0 amide bonds. The van der Waals surface area contributed by atoms with Crippen molar-refractivity contribution in [1.29, 1.82) is 0 Å². The zero-order chi connectivity index (χ0) is 30.9. The summed E-state index contributed by atoms with van der Waals surface area (Å²) in [5.74, 6) is 0.673. The van der Waals surface area contributed by atoms with Crippen LogP contribution in [0.25, 0.3) is 92.9 Å². The predicted octanol–water partition coefficient (Wildman–Crippen LogP) is 11.1. The Bertz CT molecular complexity index is 2780. The van der Waals surface area contributed by atoms with Gasteiger partial charge in [-0.05, 0) is 35.4 Å². The summed E-state index contributed by atoms with van der Waals surface area (Å²) >= 11 is 1.78. The number of thiophene rings is 1. The molecule has 0 saturated heterocycles. The third kappa shape index (κ3) is 4.12. The number of hydrogen-bond donors (Lipinski definition) is 0. The van der Waals surface area contributed by atoms with Crippen LogP contribution in [0.4, 0.5) is 0 Å². The lowest BCUT2D eigenvalue weighted by molar-refractivity contribution is 0.655. The fourth-order valence-corrected chi connectivity index (χ4v) is 7.88. The summed E-state index contributed by atoms with van der Waals surface area (Å²) in [4.78, 5) is 10.2. The summed E-state index contributed by atoms with van der Waals surface area (Å²) in [7, 11) is 0. The number of nitrogens with zero attached hydrogens (tertiary/aromatic N) is 4. The van der Waals surface area contributed by atoms with Crippen LogP contribution in [-0.2, 0) is 0 Å². The van der Waals surface area contributed by atoms with Gasteiger partial charge < -0.3 is 4.42 Å². The topological polar surface area (TPSA) is 56.2 Å². The van der Waals surface area contributed by atoms with Crippen molar-refractivity contribution in [3.05, 3.63) is 146 Å². The van der Waals surface area contributed by atoms with E-state index >= 15 is 0 Å². The lowest BCUT2D eigenvalue weighted by atomic mass is 10.0. The third-order valence-corrected chi connectivity index (χ3v) is 10.1. The summed E-state index contributed by atoms with van der Waals surface area (Å²) in [6.45, 7) is 0. The summed E-state index contributed by atoms with van der Waals surface area (Å²) in [5.41, 5.74) is 9.51. The molecule has 0 saturated carbocycles. The number of fused-ring (bicyclic) bond motifs is 8. The minimum absolute atomic E-state index is 0.658. The van der Waals surface area contributed by atoms with Gasteiger partial charge in [-0.15, -0.1) is 16.4 Å². The van der Waals surface area contributed by atoms with Gasteiger partial charge in [0.25, 0.3) is 0 Å². The van der Waals surface area contributed by atoms with Crippen LogP contribution in [0.1, 0.15) is 0 Å². The normalized spacial score (nSPS) is 11.8. The average molecular weight is 621 g/mol. The summed E-state index contributed by atoms with van der Waals surface area (Å²) in [6, 6.07) is 50.3. The number of aromatic nitrogens is 4. The number of hydrogen-bond acceptors (Lipinski definition) is 5. The first-order chi connectivity index (χ1) is 23.3. The van der Waals surface area contributed by atoms with Crippen LogP contribution >= 0.6 is 11.3 Å². The molecule has 0 aliphatic heterocycles. The molecule has 0 N–H and O–H groups in total. The molecule has 0 aliphatic carbocycles. The Morgan fingerprint density at radius 1 is 0.532 bits per heavy atom. The van der Waals surface area contributed by atoms with E-state index < -0.39 is 0 Å². The van der Waals surface area contributed by atoms with E-state index in [9.17, 15) is 0 Å². The zero-order valence-corrected chi connectivity index (χ0v) is 25.8. The van der Waals surface area contributed by atoms with Crippen LogP contribution in [0.2, 0.25) is 0 Å². The van der Waals surface area contributed by atoms with Crippen molar-refractivity contribution >= 4 is 59.2 Å². The van der Waals surface area contributed by atoms with Gasteiger partial charge in [0.2, 0.25) is 5.71 Å². The summed E-state index contributed by atoms with van der Waals surface area (Å²) in [6.07, 6.45) is 0. The highest BCUT2D eigenvalue weighted by Gasteiger charge is 2.21. The van der Waals surface area contributed by atoms with Gasteiger partial charge in [0, 0.05) is 37.5 Å². The molecule has 5 nitrogen and oxygen atoms in total. The Morgan fingerprint density at radius 3 is 2.02 bits per heavy atom. The highest BCUT2D eigenvalue weighted by atomic mass is 32.1. The van der Waals surface area contributed by atoms with Crippen LogP contribution in [0.5, 0.6) is 0 Å². The van der Waals surface area contributed by atoms with Crippen molar-refractivity contribution in [2.75, 3.05) is 0 Å². The molecule has 0 fully saturated rings. The molecule has 0 unspecified atom stereocenters. The van der Waals surface area contributed by atoms with Crippen molar-refractivity contribution in [2.24, 2.45) is 0 Å². The summed E-state index contributed by atoms with van der Waals surface area (Å²) < 4.78 is 10.7. The standard InChI is InChI=1S/C41H24N4OS/c1-3-11-25(12-4-1)29-23-32(26-13-5-2-6-14-26)45-35(24-29)42-40(44-45)28-21-19-27(20-22-28)38-39-36(31-16-8-10-18-34(31)47-39)37-30-15-7-9-17-33(30)46-41(37)43-38/h1-24H. The Balaban J connectivity index is 1.13. The molecule has 0 spiro atoms. The zero-order valence-electron chi connectivity index (χ0n) is 25.0. The number of benzene rings is 5. The molecule has 0 atom stereocenters. The van der Waals surface area contributed by atoms with E-state index in [2.05, 4.69) is 121 Å². The molecular formula is C41H24N4OS. The van der Waals surface area contributed by atoms with Crippen molar-refractivity contribution in [3.8, 4) is 45.0 Å². The second-order valence-corrected chi connectivity index (χ2v) is 12.7.